The monoisotopic (exact) mass is 138 g/mol. The summed E-state index contributed by atoms with van der Waals surface area (Å²) in [6.45, 7) is -1.41. The van der Waals surface area contributed by atoms with Crippen LogP contribution in [0.4, 0.5) is 0 Å². The minimum Gasteiger partial charge on any atom is -0.394 e. The molecule has 0 heterocycles. The Hall–Kier alpha value is -0.160. The highest BCUT2D eigenvalue weighted by atomic mass is 16.4. The summed E-state index contributed by atoms with van der Waals surface area (Å²) in [6.07, 6.45) is -1.49. The molecule has 56 valence electrons. The predicted octanol–water partition coefficient (Wildman–Crippen LogP) is -1.92. The van der Waals surface area contributed by atoms with Gasteiger partial charge >= 0.3 is 0 Å². The smallest absolute Gasteiger partial charge is 0.113 e. The van der Waals surface area contributed by atoms with Crippen LogP contribution in [-0.2, 0) is 0 Å². The molecular formula is C5H12O4. The van der Waals surface area contributed by atoms with E-state index in [1.165, 1.54) is 0 Å². The number of rotatable bonds is 3. The first-order valence-electron chi connectivity index (χ1n) is 3.12. The van der Waals surface area contributed by atoms with E-state index in [0.717, 1.165) is 6.92 Å². The molecule has 0 aromatic carbocycles. The van der Waals surface area contributed by atoms with Crippen LogP contribution in [0.1, 0.15) is 8.29 Å². The largest absolute Gasteiger partial charge is 0.394 e. The molecule has 0 bridgehead atoms. The molecule has 0 saturated carbocycles. The molecule has 0 aliphatic rings. The van der Waals surface area contributed by atoms with E-state index in [1.807, 2.05) is 0 Å². The molecule has 0 aliphatic heterocycles. The molecule has 4 nitrogen and oxygen atoms in total. The molecular weight excluding hydrogens is 124 g/mol. The van der Waals surface area contributed by atoms with Gasteiger partial charge in [-0.2, -0.15) is 0 Å². The number of hydrogen-bond acceptors (Lipinski definition) is 4. The van der Waals surface area contributed by atoms with Gasteiger partial charge in [0.25, 0.3) is 0 Å². The fourth-order valence-corrected chi connectivity index (χ4v) is 0.271. The van der Waals surface area contributed by atoms with Gasteiger partial charge < -0.3 is 20.4 Å². The second kappa shape index (κ2) is 3.12. The minimum absolute atomic E-state index is 0.678. The maximum atomic E-state index is 9.01. The van der Waals surface area contributed by atoms with E-state index in [0.29, 0.717) is 0 Å². The van der Waals surface area contributed by atoms with Gasteiger partial charge in [0.15, 0.2) is 0 Å². The van der Waals surface area contributed by atoms with Crippen LogP contribution in [0.25, 0.3) is 0 Å². The van der Waals surface area contributed by atoms with E-state index in [4.69, 9.17) is 21.8 Å². The summed E-state index contributed by atoms with van der Waals surface area (Å²) in [6, 6.07) is 0. The van der Waals surface area contributed by atoms with Gasteiger partial charge in [-0.05, 0) is 6.92 Å². The molecule has 0 rings (SSSR count). The molecule has 4 N–H and O–H groups in total. The van der Waals surface area contributed by atoms with E-state index in [1.54, 1.807) is 0 Å². The summed E-state index contributed by atoms with van der Waals surface area (Å²) >= 11 is 0. The Bertz CT molecular complexity index is 104. The minimum atomic E-state index is -1.96. The van der Waals surface area contributed by atoms with E-state index in [-0.39, 0.29) is 0 Å². The van der Waals surface area contributed by atoms with Gasteiger partial charge in [-0.1, -0.05) is 0 Å². The SMILES string of the molecule is [3H][C@H](O)[C@](C)(O)[C@H](O)CO. The Morgan fingerprint density at radius 1 is 1.67 bits per heavy atom. The lowest BCUT2D eigenvalue weighted by Crippen LogP contribution is -2.44. The number of aliphatic hydroxyl groups excluding tert-OH is 3. The lowest BCUT2D eigenvalue weighted by molar-refractivity contribution is -0.108. The van der Waals surface area contributed by atoms with Crippen molar-refractivity contribution in [3.63, 3.8) is 0 Å². The summed E-state index contributed by atoms with van der Waals surface area (Å²) in [5.41, 5.74) is -1.96. The van der Waals surface area contributed by atoms with Gasteiger partial charge in [-0.25, -0.2) is 0 Å². The Labute approximate surface area is 54.8 Å². The second-order valence-corrected chi connectivity index (χ2v) is 2.05. The van der Waals surface area contributed by atoms with Gasteiger partial charge in [-0.3, -0.25) is 0 Å². The highest BCUT2D eigenvalue weighted by Gasteiger charge is 2.28. The van der Waals surface area contributed by atoms with E-state index < -0.39 is 24.9 Å². The molecule has 3 atom stereocenters. The highest BCUT2D eigenvalue weighted by molar-refractivity contribution is 4.79. The molecule has 9 heavy (non-hydrogen) atoms. The molecule has 0 aromatic rings. The van der Waals surface area contributed by atoms with Gasteiger partial charge in [0, 0.05) is 0 Å². The summed E-state index contributed by atoms with van der Waals surface area (Å²) in [5, 5.41) is 34.6. The quantitative estimate of drug-likeness (QED) is 0.366. The Balaban J connectivity index is 4.09. The summed E-state index contributed by atoms with van der Waals surface area (Å²) in [5.74, 6) is 0. The van der Waals surface area contributed by atoms with Crippen molar-refractivity contribution in [2.24, 2.45) is 0 Å². The Morgan fingerprint density at radius 2 is 2.11 bits per heavy atom. The zero-order valence-corrected chi connectivity index (χ0v) is 5.15. The number of aliphatic hydroxyl groups is 4. The summed E-state index contributed by atoms with van der Waals surface area (Å²) < 4.78 is 6.65. The molecule has 0 radical (unpaired) electrons. The van der Waals surface area contributed by atoms with Gasteiger partial charge in [0.05, 0.1) is 14.6 Å². The first-order valence-corrected chi connectivity index (χ1v) is 2.54. The molecule has 0 aliphatic carbocycles. The fourth-order valence-electron chi connectivity index (χ4n) is 0.271. The maximum Gasteiger partial charge on any atom is 0.113 e. The summed E-state index contributed by atoms with van der Waals surface area (Å²) in [4.78, 5) is 0. The zero-order valence-electron chi connectivity index (χ0n) is 6.15. The maximum absolute atomic E-state index is 9.01. The van der Waals surface area contributed by atoms with Crippen LogP contribution < -0.4 is 0 Å². The van der Waals surface area contributed by atoms with Crippen LogP contribution in [0.2, 0.25) is 0 Å². The van der Waals surface area contributed by atoms with Crippen LogP contribution in [0, 0.1) is 0 Å². The van der Waals surface area contributed by atoms with Crippen LogP contribution in [0.3, 0.4) is 0 Å². The first kappa shape index (κ1) is 6.95. The highest BCUT2D eigenvalue weighted by Crippen LogP contribution is 2.06. The van der Waals surface area contributed by atoms with Crippen LogP contribution in [0.5, 0.6) is 0 Å². The van der Waals surface area contributed by atoms with Crippen LogP contribution in [-0.4, -0.2) is 45.3 Å². The molecule has 0 spiro atoms. The Morgan fingerprint density at radius 3 is 2.22 bits per heavy atom. The Kier molecular flexibility index (Phi) is 2.41. The van der Waals surface area contributed by atoms with Crippen molar-refractivity contribution < 1.29 is 21.8 Å². The predicted molar refractivity (Wildman–Crippen MR) is 30.8 cm³/mol. The fraction of sp³-hybridized carbons (Fsp3) is 1.00. The summed E-state index contributed by atoms with van der Waals surface area (Å²) in [7, 11) is 0. The molecule has 0 aromatic heterocycles. The standard InChI is InChI=1S/C5H12O4/c1-5(9,3-7)4(8)2-6/h4,6-9H,2-3H2,1H3/t4-,5+/m1/s1/i3T/t3-,4+,5-/m0. The van der Waals surface area contributed by atoms with Gasteiger partial charge in [-0.15, -0.1) is 0 Å². The molecule has 0 amide bonds. The molecule has 4 heteroatoms. The lowest BCUT2D eigenvalue weighted by Gasteiger charge is -2.24. The van der Waals surface area contributed by atoms with E-state index in [2.05, 4.69) is 0 Å². The van der Waals surface area contributed by atoms with Crippen LogP contribution in [0.15, 0.2) is 0 Å². The van der Waals surface area contributed by atoms with Crippen molar-refractivity contribution >= 4 is 0 Å². The number of hydrogen-bond donors (Lipinski definition) is 4. The lowest BCUT2D eigenvalue weighted by atomic mass is 10.0. The third kappa shape index (κ3) is 2.28. The van der Waals surface area contributed by atoms with E-state index >= 15 is 0 Å². The average Bonchev–Trinajstić information content (AvgIpc) is 1.86. The van der Waals surface area contributed by atoms with Crippen molar-refractivity contribution in [2.45, 2.75) is 18.6 Å². The molecule has 0 unspecified atom stereocenters. The van der Waals surface area contributed by atoms with Crippen molar-refractivity contribution in [1.82, 2.24) is 0 Å². The van der Waals surface area contributed by atoms with Crippen molar-refractivity contribution in [1.29, 1.82) is 0 Å². The third-order valence-corrected chi connectivity index (χ3v) is 1.11. The zero-order chi connectivity index (χ0) is 8.36. The molecule has 0 fully saturated rings. The van der Waals surface area contributed by atoms with Gasteiger partial charge in [0.2, 0.25) is 0 Å². The van der Waals surface area contributed by atoms with Gasteiger partial charge in [0.1, 0.15) is 11.7 Å². The van der Waals surface area contributed by atoms with Crippen LogP contribution >= 0.6 is 0 Å². The normalized spacial score (nSPS) is 26.1. The van der Waals surface area contributed by atoms with Crippen molar-refractivity contribution in [3.8, 4) is 0 Å². The van der Waals surface area contributed by atoms with Crippen molar-refractivity contribution in [3.05, 3.63) is 0 Å². The average molecular weight is 138 g/mol. The third-order valence-electron chi connectivity index (χ3n) is 1.11. The topological polar surface area (TPSA) is 80.9 Å². The van der Waals surface area contributed by atoms with E-state index in [9.17, 15) is 0 Å². The molecule has 0 saturated heterocycles. The second-order valence-electron chi connectivity index (χ2n) is 2.05. The first-order chi connectivity index (χ1) is 4.42. The van der Waals surface area contributed by atoms with Crippen molar-refractivity contribution in [2.75, 3.05) is 13.2 Å².